The Kier molecular flexibility index (Phi) is 0.932. The van der Waals surface area contributed by atoms with Gasteiger partial charge < -0.3 is 4.89 Å². The first-order valence-electron chi connectivity index (χ1n) is 2.83. The lowest BCUT2D eigenvalue weighted by Crippen LogP contribution is -2.03. The van der Waals surface area contributed by atoms with Crippen LogP contribution in [0.25, 0.3) is 0 Å². The molecule has 0 atom stereocenters. The third-order valence-corrected chi connectivity index (χ3v) is 1.28. The lowest BCUT2D eigenvalue weighted by Gasteiger charge is -2.10. The Morgan fingerprint density at radius 1 is 1.33 bits per heavy atom. The predicted molar refractivity (Wildman–Crippen MR) is 31.9 cm³/mol. The smallest absolute Gasteiger partial charge is 0.165 e. The largest absolute Gasteiger partial charge is 0.337 e. The Bertz CT molecular complexity index is 201. The summed E-state index contributed by atoms with van der Waals surface area (Å²) in [5.74, 6) is 0.791. The minimum absolute atomic E-state index is 0.563. The van der Waals surface area contributed by atoms with E-state index in [1.165, 1.54) is 5.56 Å². The Balaban J connectivity index is 2.53. The highest BCUT2D eigenvalue weighted by atomic mass is 17.2. The third kappa shape index (κ3) is 0.771. The van der Waals surface area contributed by atoms with Crippen molar-refractivity contribution in [3.05, 3.63) is 29.8 Å². The standard InChI is InChI=1S/C7H6O2/c1-2-6-4-7(3-1)9-8-5-6/h1-4H,5H2. The summed E-state index contributed by atoms with van der Waals surface area (Å²) in [6.07, 6.45) is 0. The van der Waals surface area contributed by atoms with Gasteiger partial charge in [-0.25, -0.2) is 0 Å². The van der Waals surface area contributed by atoms with Crippen LogP contribution >= 0.6 is 0 Å². The van der Waals surface area contributed by atoms with E-state index in [-0.39, 0.29) is 0 Å². The van der Waals surface area contributed by atoms with Crippen LogP contribution in [0, 0.1) is 0 Å². The van der Waals surface area contributed by atoms with Gasteiger partial charge in [-0.05, 0) is 17.7 Å². The van der Waals surface area contributed by atoms with Crippen molar-refractivity contribution in [2.45, 2.75) is 6.61 Å². The zero-order valence-electron chi connectivity index (χ0n) is 4.83. The van der Waals surface area contributed by atoms with Gasteiger partial charge in [-0.1, -0.05) is 12.1 Å². The van der Waals surface area contributed by atoms with E-state index >= 15 is 0 Å². The molecule has 1 aromatic rings. The summed E-state index contributed by atoms with van der Waals surface area (Å²) < 4.78 is 0. The van der Waals surface area contributed by atoms with Crippen molar-refractivity contribution in [1.82, 2.24) is 0 Å². The van der Waals surface area contributed by atoms with Crippen LogP contribution in [-0.4, -0.2) is 0 Å². The van der Waals surface area contributed by atoms with Crippen molar-refractivity contribution in [3.63, 3.8) is 0 Å². The number of hydrogen-bond acceptors (Lipinski definition) is 2. The molecule has 0 saturated carbocycles. The topological polar surface area (TPSA) is 18.5 Å². The van der Waals surface area contributed by atoms with Gasteiger partial charge in [-0.15, -0.1) is 0 Å². The molecule has 1 aliphatic rings. The molecule has 9 heavy (non-hydrogen) atoms. The van der Waals surface area contributed by atoms with Crippen LogP contribution in [0.2, 0.25) is 0 Å². The fourth-order valence-corrected chi connectivity index (χ4v) is 0.853. The maximum Gasteiger partial charge on any atom is 0.165 e. The molecule has 2 rings (SSSR count). The number of fused-ring (bicyclic) bond motifs is 2. The summed E-state index contributed by atoms with van der Waals surface area (Å²) >= 11 is 0. The van der Waals surface area contributed by atoms with Gasteiger partial charge in [0.25, 0.3) is 0 Å². The number of hydrogen-bond donors (Lipinski definition) is 0. The fraction of sp³-hybridized carbons (Fsp3) is 0.143. The van der Waals surface area contributed by atoms with Gasteiger partial charge in [0.15, 0.2) is 5.75 Å². The minimum Gasteiger partial charge on any atom is -0.337 e. The van der Waals surface area contributed by atoms with Crippen LogP contribution in [0.1, 0.15) is 5.56 Å². The van der Waals surface area contributed by atoms with Crippen LogP contribution in [0.3, 0.4) is 0 Å². The van der Waals surface area contributed by atoms with Gasteiger partial charge in [-0.3, -0.25) is 0 Å². The average Bonchev–Trinajstić information content (AvgIpc) is 1.88. The summed E-state index contributed by atoms with van der Waals surface area (Å²) in [5.41, 5.74) is 1.17. The van der Waals surface area contributed by atoms with Gasteiger partial charge in [0.05, 0.1) is 0 Å². The molecule has 0 N–H and O–H groups in total. The van der Waals surface area contributed by atoms with Gasteiger partial charge in [0.1, 0.15) is 6.61 Å². The molecule has 0 aliphatic carbocycles. The van der Waals surface area contributed by atoms with Gasteiger partial charge in [0.2, 0.25) is 0 Å². The maximum atomic E-state index is 4.78. The molecule has 0 aromatic heterocycles. The van der Waals surface area contributed by atoms with Crippen molar-refractivity contribution < 1.29 is 9.78 Å². The number of rotatable bonds is 0. The average molecular weight is 122 g/mol. The molecule has 1 heterocycles. The second-order valence-electron chi connectivity index (χ2n) is 1.99. The summed E-state index contributed by atoms with van der Waals surface area (Å²) in [7, 11) is 0. The van der Waals surface area contributed by atoms with Crippen molar-refractivity contribution in [2.75, 3.05) is 0 Å². The molecule has 2 heteroatoms. The maximum absolute atomic E-state index is 4.78. The first kappa shape index (κ1) is 4.82. The second-order valence-corrected chi connectivity index (χ2v) is 1.99. The first-order chi connectivity index (χ1) is 4.45. The molecular formula is C7H6O2. The van der Waals surface area contributed by atoms with Crippen LogP contribution < -0.4 is 4.89 Å². The summed E-state index contributed by atoms with van der Waals surface area (Å²) in [6, 6.07) is 7.78. The summed E-state index contributed by atoms with van der Waals surface area (Å²) in [4.78, 5) is 9.53. The lowest BCUT2D eigenvalue weighted by molar-refractivity contribution is -0.223. The Hall–Kier alpha value is -1.02. The SMILES string of the molecule is c1cc2cc(c1)OOC2. The van der Waals surface area contributed by atoms with Crippen LogP contribution in [0.4, 0.5) is 0 Å². The van der Waals surface area contributed by atoms with E-state index in [1.807, 2.05) is 24.3 Å². The van der Waals surface area contributed by atoms with E-state index in [9.17, 15) is 0 Å². The molecule has 2 nitrogen and oxygen atoms in total. The predicted octanol–water partition coefficient (Wildman–Crippen LogP) is 1.51. The zero-order valence-corrected chi connectivity index (χ0v) is 4.83. The van der Waals surface area contributed by atoms with Gasteiger partial charge >= 0.3 is 0 Å². The third-order valence-electron chi connectivity index (χ3n) is 1.28. The zero-order chi connectivity index (χ0) is 6.10. The van der Waals surface area contributed by atoms with Crippen LogP contribution in [-0.2, 0) is 11.5 Å². The molecule has 0 saturated heterocycles. The number of benzene rings is 1. The minimum atomic E-state index is 0.563. The van der Waals surface area contributed by atoms with E-state index in [0.29, 0.717) is 6.61 Å². The Labute approximate surface area is 52.9 Å². The molecule has 2 bridgehead atoms. The molecule has 0 amide bonds. The quantitative estimate of drug-likeness (QED) is 0.485. The van der Waals surface area contributed by atoms with E-state index in [2.05, 4.69) is 0 Å². The summed E-state index contributed by atoms with van der Waals surface area (Å²) in [6.45, 7) is 0.563. The van der Waals surface area contributed by atoms with E-state index in [0.717, 1.165) is 5.75 Å². The molecule has 0 radical (unpaired) electrons. The first-order valence-corrected chi connectivity index (χ1v) is 2.83. The highest BCUT2D eigenvalue weighted by Gasteiger charge is 2.03. The lowest BCUT2D eigenvalue weighted by atomic mass is 10.2. The monoisotopic (exact) mass is 122 g/mol. The van der Waals surface area contributed by atoms with E-state index in [1.54, 1.807) is 0 Å². The molecule has 0 spiro atoms. The van der Waals surface area contributed by atoms with Crippen molar-refractivity contribution in [1.29, 1.82) is 0 Å². The highest BCUT2D eigenvalue weighted by Crippen LogP contribution is 2.18. The molecule has 1 aromatic carbocycles. The second kappa shape index (κ2) is 1.74. The molecule has 46 valence electrons. The van der Waals surface area contributed by atoms with Crippen LogP contribution in [0.15, 0.2) is 24.3 Å². The van der Waals surface area contributed by atoms with Crippen molar-refractivity contribution in [2.24, 2.45) is 0 Å². The molecule has 0 unspecified atom stereocenters. The Morgan fingerprint density at radius 2 is 2.33 bits per heavy atom. The van der Waals surface area contributed by atoms with E-state index in [4.69, 9.17) is 9.78 Å². The summed E-state index contributed by atoms with van der Waals surface area (Å²) in [5, 5.41) is 0. The van der Waals surface area contributed by atoms with Crippen molar-refractivity contribution in [3.8, 4) is 5.75 Å². The van der Waals surface area contributed by atoms with Crippen molar-refractivity contribution >= 4 is 0 Å². The van der Waals surface area contributed by atoms with Gasteiger partial charge in [0, 0.05) is 0 Å². The molecular weight excluding hydrogens is 116 g/mol. The molecule has 1 aliphatic heterocycles. The fourth-order valence-electron chi connectivity index (χ4n) is 0.853. The molecule has 0 fully saturated rings. The normalized spacial score (nSPS) is 14.7. The van der Waals surface area contributed by atoms with Crippen LogP contribution in [0.5, 0.6) is 5.75 Å². The van der Waals surface area contributed by atoms with E-state index < -0.39 is 0 Å². The highest BCUT2D eigenvalue weighted by molar-refractivity contribution is 5.28. The van der Waals surface area contributed by atoms with Gasteiger partial charge in [-0.2, -0.15) is 4.89 Å². The Morgan fingerprint density at radius 3 is 3.11 bits per heavy atom.